The van der Waals surface area contributed by atoms with E-state index >= 15 is 0 Å². The lowest BCUT2D eigenvalue weighted by molar-refractivity contribution is 0.150. The topological polar surface area (TPSA) is 69.5 Å². The molecule has 3 aromatic carbocycles. The number of aliphatic hydroxyl groups excluding tert-OH is 1. The number of para-hydroxylation sites is 1. The second-order valence-electron chi connectivity index (χ2n) is 7.62. The van der Waals surface area contributed by atoms with Gasteiger partial charge in [-0.1, -0.05) is 48.5 Å². The third-order valence-electron chi connectivity index (χ3n) is 5.52. The van der Waals surface area contributed by atoms with Crippen LogP contribution in [0.1, 0.15) is 24.2 Å². The Morgan fingerprint density at radius 3 is 2.33 bits per heavy atom. The summed E-state index contributed by atoms with van der Waals surface area (Å²) in [6, 6.07) is 22.5. The molecule has 0 spiro atoms. The zero-order valence-corrected chi connectivity index (χ0v) is 17.3. The Labute approximate surface area is 176 Å². The molecule has 0 bridgehead atoms. The van der Waals surface area contributed by atoms with Crippen molar-refractivity contribution >= 4 is 16.7 Å². The molecule has 4 rings (SSSR count). The molecule has 2 atom stereocenters. The lowest BCUT2D eigenvalue weighted by Crippen LogP contribution is -2.35. The summed E-state index contributed by atoms with van der Waals surface area (Å²) >= 11 is 0. The van der Waals surface area contributed by atoms with Crippen LogP contribution in [0.3, 0.4) is 0 Å². The number of anilines is 1. The van der Waals surface area contributed by atoms with Gasteiger partial charge >= 0.3 is 0 Å². The van der Waals surface area contributed by atoms with E-state index in [2.05, 4.69) is 0 Å². The molecule has 0 saturated carbocycles. The van der Waals surface area contributed by atoms with E-state index in [1.807, 2.05) is 80.4 Å². The van der Waals surface area contributed by atoms with Gasteiger partial charge < -0.3 is 15.1 Å². The Morgan fingerprint density at radius 2 is 1.60 bits per heavy atom. The van der Waals surface area contributed by atoms with Crippen LogP contribution in [-0.2, 0) is 0 Å². The summed E-state index contributed by atoms with van der Waals surface area (Å²) in [7, 11) is 1.92. The molecule has 1 aromatic heterocycles. The number of aromatic hydroxyl groups is 1. The van der Waals surface area contributed by atoms with Crippen LogP contribution < -0.4 is 4.90 Å². The molecule has 0 amide bonds. The van der Waals surface area contributed by atoms with Gasteiger partial charge in [-0.15, -0.1) is 0 Å². The highest BCUT2D eigenvalue weighted by molar-refractivity contribution is 5.92. The number of aromatic nitrogens is 2. The van der Waals surface area contributed by atoms with Crippen LogP contribution in [0.25, 0.3) is 22.3 Å². The van der Waals surface area contributed by atoms with E-state index < -0.39 is 6.10 Å². The molecule has 4 aromatic rings. The number of aliphatic hydroxyl groups is 1. The largest absolute Gasteiger partial charge is 0.507 e. The molecular weight excluding hydrogens is 374 g/mol. The highest BCUT2D eigenvalue weighted by atomic mass is 16.3. The molecule has 0 saturated heterocycles. The molecular formula is C25H25N3O2. The van der Waals surface area contributed by atoms with Gasteiger partial charge in [-0.2, -0.15) is 0 Å². The summed E-state index contributed by atoms with van der Waals surface area (Å²) in [4.78, 5) is 11.5. The van der Waals surface area contributed by atoms with Crippen molar-refractivity contribution in [2.24, 2.45) is 0 Å². The Morgan fingerprint density at radius 1 is 0.900 bits per heavy atom. The van der Waals surface area contributed by atoms with Crippen LogP contribution in [0.4, 0.5) is 5.82 Å². The Kier molecular flexibility index (Phi) is 5.38. The minimum atomic E-state index is -0.680. The molecule has 5 nitrogen and oxygen atoms in total. The predicted octanol–water partition coefficient (Wildman–Crippen LogP) is 4.87. The number of phenolic OH excluding ortho intramolecular Hbond substituents is 1. The molecule has 152 valence electrons. The van der Waals surface area contributed by atoms with Crippen molar-refractivity contribution < 1.29 is 10.2 Å². The van der Waals surface area contributed by atoms with Crippen LogP contribution in [-0.4, -0.2) is 33.3 Å². The van der Waals surface area contributed by atoms with E-state index in [4.69, 9.17) is 9.97 Å². The second-order valence-corrected chi connectivity index (χ2v) is 7.62. The average Bonchev–Trinajstić information content (AvgIpc) is 2.77. The van der Waals surface area contributed by atoms with Crippen LogP contribution in [0.5, 0.6) is 5.75 Å². The third-order valence-corrected chi connectivity index (χ3v) is 5.52. The molecule has 0 radical (unpaired) electrons. The van der Waals surface area contributed by atoms with Crippen molar-refractivity contribution in [3.05, 3.63) is 83.9 Å². The number of fused-ring (bicyclic) bond motifs is 1. The first-order chi connectivity index (χ1) is 14.5. The lowest BCUT2D eigenvalue weighted by atomic mass is 10.0. The second kappa shape index (κ2) is 8.13. The summed E-state index contributed by atoms with van der Waals surface area (Å²) in [6.45, 7) is 3.99. The summed E-state index contributed by atoms with van der Waals surface area (Å²) in [5.74, 6) is 1.30. The number of nitrogens with zero attached hydrogens (tertiary/aromatic N) is 3. The molecule has 0 aliphatic rings. The quantitative estimate of drug-likeness (QED) is 0.501. The smallest absolute Gasteiger partial charge is 0.165 e. The summed E-state index contributed by atoms with van der Waals surface area (Å²) in [5, 5.41) is 22.2. The zero-order valence-electron chi connectivity index (χ0n) is 17.3. The molecule has 0 aliphatic carbocycles. The van der Waals surface area contributed by atoms with Gasteiger partial charge in [0.2, 0.25) is 0 Å². The maximum Gasteiger partial charge on any atom is 0.165 e. The fraction of sp³-hybridized carbons (Fsp3) is 0.200. The molecule has 0 unspecified atom stereocenters. The van der Waals surface area contributed by atoms with Gasteiger partial charge in [-0.25, -0.2) is 9.97 Å². The third kappa shape index (κ3) is 3.72. The lowest BCUT2D eigenvalue weighted by Gasteiger charge is -2.31. The minimum Gasteiger partial charge on any atom is -0.507 e. The first kappa shape index (κ1) is 19.9. The fourth-order valence-corrected chi connectivity index (χ4v) is 3.61. The standard InChI is InChI=1S/C25H25N3O2/c1-16-13-14-19-21(15-16)26-24(20-11-7-8-12-22(20)29)27-25(19)28(3)17(2)23(30)18-9-5-4-6-10-18/h4-15,17,23,29-30H,1-3H3/t17-,23-/m0/s1. The van der Waals surface area contributed by atoms with Crippen LogP contribution in [0.15, 0.2) is 72.8 Å². The maximum absolute atomic E-state index is 10.9. The minimum absolute atomic E-state index is 0.135. The number of likely N-dealkylation sites (N-methyl/N-ethyl adjacent to an activating group) is 1. The van der Waals surface area contributed by atoms with Crippen LogP contribution in [0, 0.1) is 6.92 Å². The molecule has 0 aliphatic heterocycles. The van der Waals surface area contributed by atoms with Gasteiger partial charge in [-0.3, -0.25) is 0 Å². The Balaban J connectivity index is 1.83. The first-order valence-corrected chi connectivity index (χ1v) is 9.98. The van der Waals surface area contributed by atoms with Gasteiger partial charge in [-0.05, 0) is 49.2 Å². The van der Waals surface area contributed by atoms with E-state index in [0.717, 1.165) is 22.0 Å². The first-order valence-electron chi connectivity index (χ1n) is 9.98. The van der Waals surface area contributed by atoms with E-state index in [1.54, 1.807) is 18.2 Å². The number of benzene rings is 3. The predicted molar refractivity (Wildman–Crippen MR) is 121 cm³/mol. The Hall–Kier alpha value is -3.44. The number of hydrogen-bond acceptors (Lipinski definition) is 5. The van der Waals surface area contributed by atoms with Gasteiger partial charge in [0.25, 0.3) is 0 Å². The van der Waals surface area contributed by atoms with E-state index in [0.29, 0.717) is 17.2 Å². The summed E-state index contributed by atoms with van der Waals surface area (Å²) < 4.78 is 0. The molecule has 30 heavy (non-hydrogen) atoms. The Bertz CT molecular complexity index is 1180. The van der Waals surface area contributed by atoms with Gasteiger partial charge in [0.05, 0.1) is 23.2 Å². The fourth-order valence-electron chi connectivity index (χ4n) is 3.61. The van der Waals surface area contributed by atoms with Crippen molar-refractivity contribution in [1.29, 1.82) is 0 Å². The van der Waals surface area contributed by atoms with E-state index in [9.17, 15) is 10.2 Å². The van der Waals surface area contributed by atoms with Gasteiger partial charge in [0.15, 0.2) is 5.82 Å². The normalized spacial score (nSPS) is 13.2. The van der Waals surface area contributed by atoms with Gasteiger partial charge in [0.1, 0.15) is 11.6 Å². The number of rotatable bonds is 5. The number of hydrogen-bond donors (Lipinski definition) is 2. The average molecular weight is 399 g/mol. The monoisotopic (exact) mass is 399 g/mol. The van der Waals surface area contributed by atoms with Crippen LogP contribution >= 0.6 is 0 Å². The van der Waals surface area contributed by atoms with Crippen molar-refractivity contribution in [3.8, 4) is 17.1 Å². The zero-order chi connectivity index (χ0) is 21.3. The highest BCUT2D eigenvalue weighted by Crippen LogP contribution is 2.33. The number of phenols is 1. The highest BCUT2D eigenvalue weighted by Gasteiger charge is 2.24. The van der Waals surface area contributed by atoms with E-state index in [-0.39, 0.29) is 11.8 Å². The van der Waals surface area contributed by atoms with Crippen molar-refractivity contribution in [3.63, 3.8) is 0 Å². The van der Waals surface area contributed by atoms with Gasteiger partial charge in [0, 0.05) is 12.4 Å². The maximum atomic E-state index is 10.9. The molecule has 0 fully saturated rings. The molecule has 2 N–H and O–H groups in total. The van der Waals surface area contributed by atoms with Crippen molar-refractivity contribution in [2.75, 3.05) is 11.9 Å². The molecule has 1 heterocycles. The summed E-state index contributed by atoms with van der Waals surface area (Å²) in [5.41, 5.74) is 3.32. The van der Waals surface area contributed by atoms with Crippen molar-refractivity contribution in [2.45, 2.75) is 26.0 Å². The SMILES string of the molecule is Cc1ccc2c(N(C)[C@@H](C)[C@H](O)c3ccccc3)nc(-c3ccccc3O)nc2c1. The summed E-state index contributed by atoms with van der Waals surface area (Å²) in [6.07, 6.45) is -0.680. The van der Waals surface area contributed by atoms with Crippen molar-refractivity contribution in [1.82, 2.24) is 9.97 Å². The van der Waals surface area contributed by atoms with Crippen LogP contribution in [0.2, 0.25) is 0 Å². The number of aryl methyl sites for hydroxylation is 1. The molecule has 5 heteroatoms. The van der Waals surface area contributed by atoms with E-state index in [1.165, 1.54) is 0 Å².